The molecule has 3 heterocycles. The van der Waals surface area contributed by atoms with E-state index in [-0.39, 0.29) is 11.8 Å². The van der Waals surface area contributed by atoms with Gasteiger partial charge in [-0.1, -0.05) is 18.6 Å². The van der Waals surface area contributed by atoms with Crippen LogP contribution in [-0.2, 0) is 16.6 Å². The van der Waals surface area contributed by atoms with Gasteiger partial charge in [0.2, 0.25) is 10.0 Å². The average Bonchev–Trinajstić information content (AvgIpc) is 3.25. The number of hydrogen-bond donors (Lipinski definition) is 0. The zero-order chi connectivity index (χ0) is 17.9. The van der Waals surface area contributed by atoms with Gasteiger partial charge < -0.3 is 0 Å². The van der Waals surface area contributed by atoms with Gasteiger partial charge in [-0.2, -0.15) is 0 Å². The summed E-state index contributed by atoms with van der Waals surface area (Å²) in [5.74, 6) is 1.02. The van der Waals surface area contributed by atoms with Gasteiger partial charge in [-0.3, -0.25) is 4.90 Å². The molecule has 1 aromatic heterocycles. The predicted octanol–water partition coefficient (Wildman–Crippen LogP) is 1.89. The van der Waals surface area contributed by atoms with E-state index in [1.165, 1.54) is 25.8 Å². The zero-order valence-corrected chi connectivity index (χ0v) is 16.3. The van der Waals surface area contributed by atoms with Crippen LogP contribution in [0.25, 0.3) is 0 Å². The first-order chi connectivity index (χ1) is 12.0. The second-order valence-corrected chi connectivity index (χ2v) is 9.66. The fourth-order valence-electron chi connectivity index (χ4n) is 4.06. The van der Waals surface area contributed by atoms with Gasteiger partial charge in [0.25, 0.3) is 0 Å². The standard InChI is InChI=1S/C17H31N5O2S/c1-3-5-15-6-9-20(12-15)13-16-14-22(19-18-16)17-7-10-21(11-8-17)25(23,24)4-2/h14-15,17H,3-13H2,1-2H3/t15-/m0/s1. The Balaban J connectivity index is 1.51. The second kappa shape index (κ2) is 8.14. The van der Waals surface area contributed by atoms with Crippen molar-refractivity contribution >= 4 is 10.0 Å². The Morgan fingerprint density at radius 1 is 1.16 bits per heavy atom. The van der Waals surface area contributed by atoms with Crippen molar-refractivity contribution in [3.8, 4) is 0 Å². The lowest BCUT2D eigenvalue weighted by atomic mass is 10.0. The number of sulfonamides is 1. The maximum atomic E-state index is 12.0. The summed E-state index contributed by atoms with van der Waals surface area (Å²) in [6.45, 7) is 8.34. The van der Waals surface area contributed by atoms with Crippen LogP contribution in [0.5, 0.6) is 0 Å². The summed E-state index contributed by atoms with van der Waals surface area (Å²) in [4.78, 5) is 2.48. The van der Waals surface area contributed by atoms with E-state index in [1.54, 1.807) is 11.2 Å². The number of piperidine rings is 1. The van der Waals surface area contributed by atoms with Crippen LogP contribution in [0.3, 0.4) is 0 Å². The van der Waals surface area contributed by atoms with Gasteiger partial charge in [-0.15, -0.1) is 5.10 Å². The first kappa shape index (κ1) is 18.8. The van der Waals surface area contributed by atoms with E-state index in [4.69, 9.17) is 0 Å². The molecular formula is C17H31N5O2S. The molecule has 0 bridgehead atoms. The molecule has 1 atom stereocenters. The smallest absolute Gasteiger partial charge is 0.213 e. The summed E-state index contributed by atoms with van der Waals surface area (Å²) in [6.07, 6.45) is 7.56. The Kier molecular flexibility index (Phi) is 6.12. The van der Waals surface area contributed by atoms with Crippen molar-refractivity contribution < 1.29 is 8.42 Å². The van der Waals surface area contributed by atoms with Crippen LogP contribution in [0.1, 0.15) is 57.7 Å². The minimum atomic E-state index is -3.07. The van der Waals surface area contributed by atoms with Crippen molar-refractivity contribution in [2.45, 2.75) is 58.5 Å². The van der Waals surface area contributed by atoms with E-state index in [9.17, 15) is 8.42 Å². The van der Waals surface area contributed by atoms with Gasteiger partial charge >= 0.3 is 0 Å². The quantitative estimate of drug-likeness (QED) is 0.734. The summed E-state index contributed by atoms with van der Waals surface area (Å²) in [5, 5.41) is 8.67. The lowest BCUT2D eigenvalue weighted by Gasteiger charge is -2.30. The van der Waals surface area contributed by atoms with Crippen LogP contribution in [0.15, 0.2) is 6.20 Å². The Labute approximate surface area is 151 Å². The molecule has 2 fully saturated rings. The molecule has 25 heavy (non-hydrogen) atoms. The molecule has 142 valence electrons. The molecule has 0 radical (unpaired) electrons. The zero-order valence-electron chi connectivity index (χ0n) is 15.5. The van der Waals surface area contributed by atoms with Gasteiger partial charge in [-0.05, 0) is 45.1 Å². The van der Waals surface area contributed by atoms with E-state index in [0.29, 0.717) is 13.1 Å². The Morgan fingerprint density at radius 2 is 1.92 bits per heavy atom. The van der Waals surface area contributed by atoms with E-state index >= 15 is 0 Å². The van der Waals surface area contributed by atoms with Gasteiger partial charge in [0.1, 0.15) is 0 Å². The molecule has 7 nitrogen and oxygen atoms in total. The molecule has 1 aromatic rings. The molecule has 0 aromatic carbocycles. The third-order valence-corrected chi connectivity index (χ3v) is 7.45. The van der Waals surface area contributed by atoms with Gasteiger partial charge in [0, 0.05) is 26.2 Å². The van der Waals surface area contributed by atoms with Crippen molar-refractivity contribution in [1.82, 2.24) is 24.2 Å². The van der Waals surface area contributed by atoms with Gasteiger partial charge in [0.15, 0.2) is 0 Å². The van der Waals surface area contributed by atoms with Crippen molar-refractivity contribution in [3.05, 3.63) is 11.9 Å². The fraction of sp³-hybridized carbons (Fsp3) is 0.882. The number of aromatic nitrogens is 3. The molecule has 3 rings (SSSR count). The van der Waals surface area contributed by atoms with E-state index < -0.39 is 10.0 Å². The first-order valence-electron chi connectivity index (χ1n) is 9.62. The van der Waals surface area contributed by atoms with E-state index in [2.05, 4.69) is 28.3 Å². The number of nitrogens with zero attached hydrogens (tertiary/aromatic N) is 5. The molecule has 0 spiro atoms. The summed E-state index contributed by atoms with van der Waals surface area (Å²) in [6, 6.07) is 0.260. The third-order valence-electron chi connectivity index (χ3n) is 5.57. The predicted molar refractivity (Wildman–Crippen MR) is 97.6 cm³/mol. The van der Waals surface area contributed by atoms with Gasteiger partial charge in [-0.25, -0.2) is 17.4 Å². The highest BCUT2D eigenvalue weighted by Crippen LogP contribution is 2.25. The Bertz CT molecular complexity index is 652. The van der Waals surface area contributed by atoms with Crippen molar-refractivity contribution in [2.75, 3.05) is 31.9 Å². The summed E-state index contributed by atoms with van der Waals surface area (Å²) in [7, 11) is -3.07. The van der Waals surface area contributed by atoms with Crippen LogP contribution in [0.4, 0.5) is 0 Å². The molecule has 8 heteroatoms. The Hall–Kier alpha value is -0.990. The van der Waals surface area contributed by atoms with Crippen LogP contribution in [0.2, 0.25) is 0 Å². The number of likely N-dealkylation sites (tertiary alicyclic amines) is 1. The molecule has 0 amide bonds. The lowest BCUT2D eigenvalue weighted by molar-refractivity contribution is 0.258. The van der Waals surface area contributed by atoms with Crippen molar-refractivity contribution in [1.29, 1.82) is 0 Å². The molecule has 0 N–H and O–H groups in total. The van der Waals surface area contributed by atoms with Crippen molar-refractivity contribution in [3.63, 3.8) is 0 Å². The molecule has 0 saturated carbocycles. The highest BCUT2D eigenvalue weighted by molar-refractivity contribution is 7.89. The van der Waals surface area contributed by atoms with E-state index in [1.807, 2.05) is 4.68 Å². The first-order valence-corrected chi connectivity index (χ1v) is 11.2. The fourth-order valence-corrected chi connectivity index (χ4v) is 5.19. The average molecular weight is 370 g/mol. The minimum Gasteiger partial charge on any atom is -0.297 e. The molecule has 2 aliphatic rings. The maximum Gasteiger partial charge on any atom is 0.213 e. The van der Waals surface area contributed by atoms with Crippen LogP contribution >= 0.6 is 0 Å². The third kappa shape index (κ3) is 4.60. The highest BCUT2D eigenvalue weighted by Gasteiger charge is 2.28. The lowest BCUT2D eigenvalue weighted by Crippen LogP contribution is -2.39. The molecule has 0 unspecified atom stereocenters. The minimum absolute atomic E-state index is 0.181. The summed E-state index contributed by atoms with van der Waals surface area (Å²) < 4.78 is 27.5. The second-order valence-electron chi connectivity index (χ2n) is 7.40. The monoisotopic (exact) mass is 369 g/mol. The highest BCUT2D eigenvalue weighted by atomic mass is 32.2. The number of hydrogen-bond acceptors (Lipinski definition) is 5. The topological polar surface area (TPSA) is 71.3 Å². The maximum absolute atomic E-state index is 12.0. The molecule has 2 saturated heterocycles. The van der Waals surface area contributed by atoms with Crippen molar-refractivity contribution in [2.24, 2.45) is 5.92 Å². The van der Waals surface area contributed by atoms with Gasteiger partial charge in [0.05, 0.1) is 23.7 Å². The molecule has 2 aliphatic heterocycles. The van der Waals surface area contributed by atoms with Crippen LogP contribution in [-0.4, -0.2) is 64.5 Å². The normalized spacial score (nSPS) is 24.2. The Morgan fingerprint density at radius 3 is 2.60 bits per heavy atom. The summed E-state index contributed by atoms with van der Waals surface area (Å²) in [5.41, 5.74) is 1.03. The number of rotatable bonds is 7. The SMILES string of the molecule is CCC[C@H]1CCN(Cc2cn(C3CCN(S(=O)(=O)CC)CC3)nn2)C1. The van der Waals surface area contributed by atoms with Crippen LogP contribution < -0.4 is 0 Å². The van der Waals surface area contributed by atoms with Crippen LogP contribution in [0, 0.1) is 5.92 Å². The molecule has 0 aliphatic carbocycles. The summed E-state index contributed by atoms with van der Waals surface area (Å²) >= 11 is 0. The largest absolute Gasteiger partial charge is 0.297 e. The van der Waals surface area contributed by atoms with E-state index in [0.717, 1.165) is 37.5 Å². The molecular weight excluding hydrogens is 338 g/mol.